The molecule has 0 saturated heterocycles. The molecule has 0 atom stereocenters. The van der Waals surface area contributed by atoms with Gasteiger partial charge in [0.25, 0.3) is 0 Å². The summed E-state index contributed by atoms with van der Waals surface area (Å²) in [7, 11) is 0. The van der Waals surface area contributed by atoms with E-state index in [1.165, 1.54) is 0 Å². The second-order valence-electron chi connectivity index (χ2n) is 6.65. The van der Waals surface area contributed by atoms with Crippen LogP contribution in [0.15, 0.2) is 22.7 Å². The summed E-state index contributed by atoms with van der Waals surface area (Å²) in [5.74, 6) is 0.296. The molecule has 1 aromatic rings. The number of anilines is 1. The van der Waals surface area contributed by atoms with Crippen molar-refractivity contribution in [2.24, 2.45) is 11.8 Å². The summed E-state index contributed by atoms with van der Waals surface area (Å²) in [6, 6.07) is 5.84. The van der Waals surface area contributed by atoms with Crippen molar-refractivity contribution < 1.29 is 9.59 Å². The molecular weight excluding hydrogens is 368 g/mol. The van der Waals surface area contributed by atoms with Crippen molar-refractivity contribution in [2.45, 2.75) is 52.4 Å². The largest absolute Gasteiger partial charge is 0.356 e. The van der Waals surface area contributed by atoms with E-state index < -0.39 is 0 Å². The lowest BCUT2D eigenvalue weighted by Gasteiger charge is -2.27. The summed E-state index contributed by atoms with van der Waals surface area (Å²) in [5.41, 5.74) is 1.96. The standard InChI is InChI=1S/C19H27BrN2O2/c1-3-4-11-21-18(23)14-6-8-15(9-7-14)19(24)22-16-10-5-13(2)17(20)12-16/h5,10,12,14-15H,3-4,6-9,11H2,1-2H3,(H,21,23)(H,22,24). The van der Waals surface area contributed by atoms with Crippen LogP contribution >= 0.6 is 15.9 Å². The normalized spacial score (nSPS) is 20.5. The lowest BCUT2D eigenvalue weighted by atomic mass is 9.81. The highest BCUT2D eigenvalue weighted by Gasteiger charge is 2.29. The summed E-state index contributed by atoms with van der Waals surface area (Å²) in [6.07, 6.45) is 5.27. The molecule has 24 heavy (non-hydrogen) atoms. The van der Waals surface area contributed by atoms with Crippen LogP contribution < -0.4 is 10.6 Å². The van der Waals surface area contributed by atoms with Gasteiger partial charge < -0.3 is 10.6 Å². The van der Waals surface area contributed by atoms with E-state index in [0.29, 0.717) is 0 Å². The van der Waals surface area contributed by atoms with Crippen molar-refractivity contribution >= 4 is 33.4 Å². The molecule has 0 heterocycles. The third-order valence-corrected chi connectivity index (χ3v) is 5.59. The van der Waals surface area contributed by atoms with Gasteiger partial charge in [0, 0.05) is 28.5 Å². The highest BCUT2D eigenvalue weighted by atomic mass is 79.9. The molecule has 1 aliphatic rings. The van der Waals surface area contributed by atoms with Crippen LogP contribution in [-0.4, -0.2) is 18.4 Å². The Hall–Kier alpha value is -1.36. The molecular formula is C19H27BrN2O2. The molecule has 0 spiro atoms. The number of benzene rings is 1. The molecule has 0 aliphatic heterocycles. The fraction of sp³-hybridized carbons (Fsp3) is 0.579. The molecule has 2 rings (SSSR count). The Bertz CT molecular complexity index is 581. The number of amides is 2. The van der Waals surface area contributed by atoms with Crippen LogP contribution in [0.4, 0.5) is 5.69 Å². The van der Waals surface area contributed by atoms with Crippen LogP contribution in [0, 0.1) is 18.8 Å². The molecule has 0 bridgehead atoms. The van der Waals surface area contributed by atoms with E-state index in [0.717, 1.165) is 60.8 Å². The van der Waals surface area contributed by atoms with E-state index in [2.05, 4.69) is 33.5 Å². The number of nitrogens with one attached hydrogen (secondary N) is 2. The van der Waals surface area contributed by atoms with Gasteiger partial charge in [-0.15, -0.1) is 0 Å². The zero-order chi connectivity index (χ0) is 17.5. The monoisotopic (exact) mass is 394 g/mol. The molecule has 1 saturated carbocycles. The minimum absolute atomic E-state index is 0.00442. The lowest BCUT2D eigenvalue weighted by molar-refractivity contribution is -0.128. The maximum atomic E-state index is 12.4. The molecule has 2 amide bonds. The molecule has 0 radical (unpaired) electrons. The summed E-state index contributed by atoms with van der Waals surface area (Å²) in [5, 5.41) is 6.00. The quantitative estimate of drug-likeness (QED) is 0.701. The van der Waals surface area contributed by atoms with Gasteiger partial charge in [0.05, 0.1) is 0 Å². The fourth-order valence-electron chi connectivity index (χ4n) is 3.07. The van der Waals surface area contributed by atoms with Crippen molar-refractivity contribution in [3.63, 3.8) is 0 Å². The third-order valence-electron chi connectivity index (χ3n) is 4.74. The van der Waals surface area contributed by atoms with Gasteiger partial charge in [0.1, 0.15) is 0 Å². The zero-order valence-corrected chi connectivity index (χ0v) is 16.1. The molecule has 0 aromatic heterocycles. The van der Waals surface area contributed by atoms with Gasteiger partial charge in [-0.1, -0.05) is 35.3 Å². The number of carbonyl (C=O) groups excluding carboxylic acids is 2. The van der Waals surface area contributed by atoms with Crippen LogP contribution in [0.5, 0.6) is 0 Å². The van der Waals surface area contributed by atoms with Gasteiger partial charge in [0.15, 0.2) is 0 Å². The molecule has 1 aliphatic carbocycles. The first-order valence-corrected chi connectivity index (χ1v) is 9.65. The average molecular weight is 395 g/mol. The Balaban J connectivity index is 1.79. The first kappa shape index (κ1) is 19.0. The molecule has 5 heteroatoms. The zero-order valence-electron chi connectivity index (χ0n) is 14.5. The van der Waals surface area contributed by atoms with Crippen LogP contribution in [0.25, 0.3) is 0 Å². The predicted octanol–water partition coefficient (Wildman–Crippen LogP) is 4.42. The number of unbranched alkanes of at least 4 members (excludes halogenated alkanes) is 1. The Labute approximate surface area is 152 Å². The summed E-state index contributed by atoms with van der Waals surface area (Å²) in [6.45, 7) is 4.89. The fourth-order valence-corrected chi connectivity index (χ4v) is 3.44. The second-order valence-corrected chi connectivity index (χ2v) is 7.50. The van der Waals surface area contributed by atoms with E-state index in [9.17, 15) is 9.59 Å². The third kappa shape index (κ3) is 5.33. The predicted molar refractivity (Wildman–Crippen MR) is 101 cm³/mol. The number of hydrogen-bond acceptors (Lipinski definition) is 2. The van der Waals surface area contributed by atoms with Crippen molar-refractivity contribution in [3.05, 3.63) is 28.2 Å². The molecule has 132 valence electrons. The van der Waals surface area contributed by atoms with Gasteiger partial charge in [-0.05, 0) is 56.7 Å². The van der Waals surface area contributed by atoms with E-state index in [1.807, 2.05) is 25.1 Å². The molecule has 2 N–H and O–H groups in total. The molecule has 4 nitrogen and oxygen atoms in total. The minimum atomic E-state index is 0.00442. The van der Waals surface area contributed by atoms with Gasteiger partial charge in [-0.25, -0.2) is 0 Å². The molecule has 1 fully saturated rings. The van der Waals surface area contributed by atoms with E-state index >= 15 is 0 Å². The Morgan fingerprint density at radius 3 is 2.33 bits per heavy atom. The van der Waals surface area contributed by atoms with E-state index in [1.54, 1.807) is 0 Å². The summed E-state index contributed by atoms with van der Waals surface area (Å²) < 4.78 is 0.993. The number of rotatable bonds is 6. The maximum absolute atomic E-state index is 12.4. The topological polar surface area (TPSA) is 58.2 Å². The van der Waals surface area contributed by atoms with Crippen molar-refractivity contribution in [3.8, 4) is 0 Å². The van der Waals surface area contributed by atoms with Crippen LogP contribution in [0.1, 0.15) is 51.0 Å². The molecule has 1 aromatic carbocycles. The Morgan fingerprint density at radius 2 is 1.75 bits per heavy atom. The Kier molecular flexibility index (Phi) is 7.28. The average Bonchev–Trinajstić information content (AvgIpc) is 2.58. The van der Waals surface area contributed by atoms with Gasteiger partial charge in [0.2, 0.25) is 11.8 Å². The number of carbonyl (C=O) groups is 2. The SMILES string of the molecule is CCCCNC(=O)C1CCC(C(=O)Nc2ccc(C)c(Br)c2)CC1. The Morgan fingerprint density at radius 1 is 1.12 bits per heavy atom. The minimum Gasteiger partial charge on any atom is -0.356 e. The summed E-state index contributed by atoms with van der Waals surface area (Å²) >= 11 is 3.49. The second kappa shape index (κ2) is 9.21. The first-order chi connectivity index (χ1) is 11.5. The first-order valence-electron chi connectivity index (χ1n) is 8.86. The van der Waals surface area contributed by atoms with Crippen molar-refractivity contribution in [1.29, 1.82) is 0 Å². The molecule has 0 unspecified atom stereocenters. The van der Waals surface area contributed by atoms with Crippen molar-refractivity contribution in [1.82, 2.24) is 5.32 Å². The van der Waals surface area contributed by atoms with E-state index in [4.69, 9.17) is 0 Å². The van der Waals surface area contributed by atoms with Gasteiger partial charge >= 0.3 is 0 Å². The highest BCUT2D eigenvalue weighted by Crippen LogP contribution is 2.30. The van der Waals surface area contributed by atoms with Crippen LogP contribution in [-0.2, 0) is 9.59 Å². The number of aryl methyl sites for hydroxylation is 1. The van der Waals surface area contributed by atoms with Crippen LogP contribution in [0.2, 0.25) is 0 Å². The highest BCUT2D eigenvalue weighted by molar-refractivity contribution is 9.10. The summed E-state index contributed by atoms with van der Waals surface area (Å²) in [4.78, 5) is 24.5. The lowest BCUT2D eigenvalue weighted by Crippen LogP contribution is -2.35. The number of halogens is 1. The van der Waals surface area contributed by atoms with E-state index in [-0.39, 0.29) is 23.7 Å². The van der Waals surface area contributed by atoms with Crippen molar-refractivity contribution in [2.75, 3.05) is 11.9 Å². The number of hydrogen-bond donors (Lipinski definition) is 2. The smallest absolute Gasteiger partial charge is 0.227 e. The van der Waals surface area contributed by atoms with Crippen LogP contribution in [0.3, 0.4) is 0 Å². The maximum Gasteiger partial charge on any atom is 0.227 e. The van der Waals surface area contributed by atoms with Gasteiger partial charge in [-0.3, -0.25) is 9.59 Å². The van der Waals surface area contributed by atoms with Gasteiger partial charge in [-0.2, -0.15) is 0 Å².